The van der Waals surface area contributed by atoms with Crippen LogP contribution in [0.4, 0.5) is 0 Å². The SMILES string of the molecule is CCCCC/C=C/C(O)C(COC1OC(CO)C(OC2OC(CO)C(O)C(O)C2O)C(O)C1O)NC(=O)CCCCCCCCCCCCCCCCCCCCCCCCCCCCCCCCCCCCCCCC. The first-order valence-electron chi connectivity index (χ1n) is 32.4. The van der Waals surface area contributed by atoms with E-state index < -0.39 is 86.8 Å². The minimum Gasteiger partial charge on any atom is -0.394 e. The minimum absolute atomic E-state index is 0.241. The Morgan fingerprint density at radius 3 is 1.19 bits per heavy atom. The molecule has 0 saturated carbocycles. The van der Waals surface area contributed by atoms with Crippen molar-refractivity contribution in [3.8, 4) is 0 Å². The molecule has 2 aliphatic rings. The van der Waals surface area contributed by atoms with Gasteiger partial charge in [-0.15, -0.1) is 0 Å². The maximum absolute atomic E-state index is 13.1. The molecule has 1 amide bonds. The Balaban J connectivity index is 1.45. The predicted molar refractivity (Wildman–Crippen MR) is 309 cm³/mol. The summed E-state index contributed by atoms with van der Waals surface area (Å²) in [7, 11) is 0. The van der Waals surface area contributed by atoms with Crippen molar-refractivity contribution >= 4 is 5.91 Å². The molecule has 2 fully saturated rings. The second-order valence-electron chi connectivity index (χ2n) is 23.3. The average Bonchev–Trinajstić information content (AvgIpc) is 3.43. The van der Waals surface area contributed by atoms with Gasteiger partial charge in [0.2, 0.25) is 5.91 Å². The van der Waals surface area contributed by atoms with Crippen molar-refractivity contribution in [1.29, 1.82) is 0 Å². The van der Waals surface area contributed by atoms with Gasteiger partial charge < -0.3 is 65.1 Å². The molecular formula is C63H121NO13. The minimum atomic E-state index is -1.78. The number of ether oxygens (including phenoxy) is 4. The molecule has 12 unspecified atom stereocenters. The summed E-state index contributed by atoms with van der Waals surface area (Å²) in [5.74, 6) is -0.241. The number of amides is 1. The lowest BCUT2D eigenvalue weighted by atomic mass is 9.97. The zero-order valence-electron chi connectivity index (χ0n) is 49.2. The molecule has 2 rings (SSSR count). The van der Waals surface area contributed by atoms with Crippen LogP contribution in [-0.2, 0) is 23.7 Å². The van der Waals surface area contributed by atoms with Gasteiger partial charge in [-0.05, 0) is 19.3 Å². The number of carbonyl (C=O) groups excluding carboxylic acids is 1. The largest absolute Gasteiger partial charge is 0.394 e. The molecule has 0 spiro atoms. The number of allylic oxidation sites excluding steroid dienone is 1. The van der Waals surface area contributed by atoms with Crippen LogP contribution in [0, 0.1) is 0 Å². The summed E-state index contributed by atoms with van der Waals surface area (Å²) >= 11 is 0. The van der Waals surface area contributed by atoms with E-state index in [-0.39, 0.29) is 18.9 Å². The Morgan fingerprint density at radius 1 is 0.455 bits per heavy atom. The van der Waals surface area contributed by atoms with Crippen LogP contribution in [-0.4, -0.2) is 140 Å². The zero-order chi connectivity index (χ0) is 56.0. The van der Waals surface area contributed by atoms with Crippen LogP contribution in [0.2, 0.25) is 0 Å². The molecule has 2 heterocycles. The zero-order valence-corrected chi connectivity index (χ0v) is 49.2. The number of carbonyl (C=O) groups is 1. The summed E-state index contributed by atoms with van der Waals surface area (Å²) in [4.78, 5) is 13.1. The number of rotatable bonds is 53. The Kier molecular flexibility index (Phi) is 46.0. The summed E-state index contributed by atoms with van der Waals surface area (Å²) < 4.78 is 22.6. The van der Waals surface area contributed by atoms with E-state index in [0.717, 1.165) is 44.9 Å². The molecule has 14 heteroatoms. The van der Waals surface area contributed by atoms with Gasteiger partial charge in [-0.25, -0.2) is 0 Å². The van der Waals surface area contributed by atoms with Crippen molar-refractivity contribution in [2.24, 2.45) is 0 Å². The van der Waals surface area contributed by atoms with Gasteiger partial charge in [0.15, 0.2) is 12.6 Å². The first-order valence-corrected chi connectivity index (χ1v) is 32.4. The van der Waals surface area contributed by atoms with E-state index in [1.165, 1.54) is 218 Å². The number of unbranched alkanes of at least 4 members (excludes halogenated alkanes) is 40. The number of hydrogen-bond donors (Lipinski definition) is 9. The van der Waals surface area contributed by atoms with E-state index in [1.807, 2.05) is 6.08 Å². The first kappa shape index (κ1) is 71.8. The van der Waals surface area contributed by atoms with Gasteiger partial charge in [0.05, 0.1) is 32.0 Å². The van der Waals surface area contributed by atoms with Crippen LogP contribution in [0.25, 0.3) is 0 Å². The Labute approximate surface area is 469 Å². The van der Waals surface area contributed by atoms with E-state index in [4.69, 9.17) is 18.9 Å². The number of aliphatic hydroxyl groups is 8. The molecule has 2 aliphatic heterocycles. The molecule has 456 valence electrons. The van der Waals surface area contributed by atoms with Crippen LogP contribution in [0.5, 0.6) is 0 Å². The topological polar surface area (TPSA) is 228 Å². The highest BCUT2D eigenvalue weighted by molar-refractivity contribution is 5.76. The summed E-state index contributed by atoms with van der Waals surface area (Å²) in [6, 6.07) is -0.906. The van der Waals surface area contributed by atoms with Crippen molar-refractivity contribution in [3.63, 3.8) is 0 Å². The molecule has 12 atom stereocenters. The average molecular weight is 1100 g/mol. The second kappa shape index (κ2) is 49.3. The van der Waals surface area contributed by atoms with Crippen LogP contribution >= 0.6 is 0 Å². The predicted octanol–water partition coefficient (Wildman–Crippen LogP) is 11.8. The molecule has 14 nitrogen and oxygen atoms in total. The molecule has 0 bridgehead atoms. The van der Waals surface area contributed by atoms with Gasteiger partial charge in [0.25, 0.3) is 0 Å². The van der Waals surface area contributed by atoms with Gasteiger partial charge >= 0.3 is 0 Å². The normalized spacial score (nSPS) is 24.7. The summed E-state index contributed by atoms with van der Waals surface area (Å²) in [5.41, 5.74) is 0. The van der Waals surface area contributed by atoms with Crippen LogP contribution < -0.4 is 5.32 Å². The fourth-order valence-electron chi connectivity index (χ4n) is 11.0. The lowest BCUT2D eigenvalue weighted by Gasteiger charge is -2.46. The van der Waals surface area contributed by atoms with E-state index in [2.05, 4.69) is 19.2 Å². The van der Waals surface area contributed by atoms with Crippen LogP contribution in [0.15, 0.2) is 12.2 Å². The summed E-state index contributed by atoms with van der Waals surface area (Å²) in [6.07, 6.45) is 42.5. The second-order valence-corrected chi connectivity index (χ2v) is 23.3. The van der Waals surface area contributed by atoms with Crippen LogP contribution in [0.3, 0.4) is 0 Å². The lowest BCUT2D eigenvalue weighted by molar-refractivity contribution is -0.359. The number of aliphatic hydroxyl groups excluding tert-OH is 8. The number of nitrogens with one attached hydrogen (secondary N) is 1. The first-order chi connectivity index (χ1) is 37.6. The molecular weight excluding hydrogens is 979 g/mol. The summed E-state index contributed by atoms with van der Waals surface area (Å²) in [5, 5.41) is 86.4. The monoisotopic (exact) mass is 1100 g/mol. The molecule has 0 aromatic carbocycles. The van der Waals surface area contributed by atoms with Gasteiger partial charge in [-0.3, -0.25) is 4.79 Å². The molecule has 0 aliphatic carbocycles. The maximum Gasteiger partial charge on any atom is 0.220 e. The fraction of sp³-hybridized carbons (Fsp3) is 0.952. The fourth-order valence-corrected chi connectivity index (χ4v) is 11.0. The Morgan fingerprint density at radius 2 is 0.805 bits per heavy atom. The summed E-state index contributed by atoms with van der Waals surface area (Å²) in [6.45, 7) is 2.70. The van der Waals surface area contributed by atoms with Crippen molar-refractivity contribution in [2.45, 2.75) is 364 Å². The molecule has 0 radical (unpaired) electrons. The molecule has 9 N–H and O–H groups in total. The van der Waals surface area contributed by atoms with Crippen molar-refractivity contribution in [1.82, 2.24) is 5.32 Å². The highest BCUT2D eigenvalue weighted by Gasteiger charge is 2.51. The highest BCUT2D eigenvalue weighted by atomic mass is 16.7. The van der Waals surface area contributed by atoms with E-state index in [0.29, 0.717) is 6.42 Å². The van der Waals surface area contributed by atoms with Crippen molar-refractivity contribution in [2.75, 3.05) is 19.8 Å². The Hall–Kier alpha value is -1.27. The van der Waals surface area contributed by atoms with Gasteiger partial charge in [-0.1, -0.05) is 276 Å². The van der Waals surface area contributed by atoms with E-state index >= 15 is 0 Å². The standard InChI is InChI=1S/C63H121NO13/c1-3-5-7-9-10-11-12-13-14-15-16-17-18-19-20-21-22-23-24-25-26-27-28-29-30-31-32-33-34-35-36-37-38-39-40-41-43-45-47-55(68)64-51(52(67)46-44-42-8-6-4-2)50-74-62-60(73)58(71)61(54(49-66)76-62)77-63-59(72)57(70)56(69)53(48-65)75-63/h44,46,51-54,56-63,65-67,69-73H,3-43,45,47-50H2,1-2H3,(H,64,68)/b46-44+. The van der Waals surface area contributed by atoms with Gasteiger partial charge in [0.1, 0.15) is 48.8 Å². The smallest absolute Gasteiger partial charge is 0.220 e. The molecule has 77 heavy (non-hydrogen) atoms. The maximum atomic E-state index is 13.1. The highest BCUT2D eigenvalue weighted by Crippen LogP contribution is 2.30. The number of hydrogen-bond acceptors (Lipinski definition) is 13. The van der Waals surface area contributed by atoms with Gasteiger partial charge in [0, 0.05) is 6.42 Å². The molecule has 0 aromatic heterocycles. The molecule has 2 saturated heterocycles. The molecule has 0 aromatic rings. The van der Waals surface area contributed by atoms with E-state index in [9.17, 15) is 45.6 Å². The van der Waals surface area contributed by atoms with E-state index in [1.54, 1.807) is 6.08 Å². The van der Waals surface area contributed by atoms with Gasteiger partial charge in [-0.2, -0.15) is 0 Å². The Bertz CT molecular complexity index is 1340. The quantitative estimate of drug-likeness (QED) is 0.0204. The third-order valence-electron chi connectivity index (χ3n) is 16.2. The van der Waals surface area contributed by atoms with Crippen molar-refractivity contribution in [3.05, 3.63) is 12.2 Å². The third kappa shape index (κ3) is 34.7. The van der Waals surface area contributed by atoms with Crippen LogP contribution in [0.1, 0.15) is 290 Å². The third-order valence-corrected chi connectivity index (χ3v) is 16.2. The lowest BCUT2D eigenvalue weighted by Crippen LogP contribution is -2.65. The van der Waals surface area contributed by atoms with Crippen molar-refractivity contribution < 1.29 is 64.6 Å².